The van der Waals surface area contributed by atoms with Crippen LogP contribution >= 0.6 is 12.4 Å². The summed E-state index contributed by atoms with van der Waals surface area (Å²) in [5.41, 5.74) is 1.86. The molecule has 1 fully saturated rings. The lowest BCUT2D eigenvalue weighted by molar-refractivity contribution is 0.365. The van der Waals surface area contributed by atoms with Gasteiger partial charge in [0.25, 0.3) is 0 Å². The maximum absolute atomic E-state index is 12.1. The second-order valence-corrected chi connectivity index (χ2v) is 5.46. The van der Waals surface area contributed by atoms with Crippen LogP contribution in [-0.4, -0.2) is 27.9 Å². The molecule has 1 aliphatic rings. The highest BCUT2D eigenvalue weighted by molar-refractivity contribution is 5.85. The molecule has 0 radical (unpaired) electrons. The van der Waals surface area contributed by atoms with Gasteiger partial charge in [0.2, 0.25) is 0 Å². The van der Waals surface area contributed by atoms with Crippen molar-refractivity contribution in [1.29, 1.82) is 0 Å². The third kappa shape index (κ3) is 3.36. The summed E-state index contributed by atoms with van der Waals surface area (Å²) >= 11 is 0. The Morgan fingerprint density at radius 2 is 2.00 bits per heavy atom. The molecule has 0 unspecified atom stereocenters. The number of aromatic nitrogens is 3. The van der Waals surface area contributed by atoms with Gasteiger partial charge >= 0.3 is 5.69 Å². The minimum Gasteiger partial charge on any atom is -0.317 e. The van der Waals surface area contributed by atoms with E-state index < -0.39 is 0 Å². The fourth-order valence-electron chi connectivity index (χ4n) is 2.87. The van der Waals surface area contributed by atoms with Gasteiger partial charge in [-0.3, -0.25) is 0 Å². The lowest BCUT2D eigenvalue weighted by Gasteiger charge is -2.22. The maximum atomic E-state index is 12.1. The van der Waals surface area contributed by atoms with E-state index >= 15 is 0 Å². The van der Waals surface area contributed by atoms with Crippen molar-refractivity contribution in [3.63, 3.8) is 0 Å². The molecule has 21 heavy (non-hydrogen) atoms. The zero-order valence-electron chi connectivity index (χ0n) is 12.1. The molecule has 1 aliphatic heterocycles. The molecule has 1 saturated heterocycles. The lowest BCUT2D eigenvalue weighted by atomic mass is 9.94. The third-order valence-electron chi connectivity index (χ3n) is 4.03. The van der Waals surface area contributed by atoms with Crippen LogP contribution in [0.5, 0.6) is 0 Å². The standard InChI is InChI=1S/C15H20N4O.ClH/c1-11-4-2-3-5-13(11)19-14(17-18-15(19)20)10-12-6-8-16-9-7-12;/h2-5,12,16H,6-10H2,1H3,(H,18,20);1H. The summed E-state index contributed by atoms with van der Waals surface area (Å²) < 4.78 is 1.72. The van der Waals surface area contributed by atoms with Crippen LogP contribution in [0.1, 0.15) is 24.2 Å². The molecule has 0 aliphatic carbocycles. The number of para-hydroxylation sites is 1. The summed E-state index contributed by atoms with van der Waals surface area (Å²) in [5, 5.41) is 10.2. The summed E-state index contributed by atoms with van der Waals surface area (Å²) in [5.74, 6) is 1.45. The highest BCUT2D eigenvalue weighted by Crippen LogP contribution is 2.19. The molecular formula is C15H21ClN4O. The summed E-state index contributed by atoms with van der Waals surface area (Å²) in [6.07, 6.45) is 3.15. The number of aryl methyl sites for hydroxylation is 1. The number of rotatable bonds is 3. The Morgan fingerprint density at radius 3 is 2.71 bits per heavy atom. The normalized spacial score (nSPS) is 15.7. The van der Waals surface area contributed by atoms with E-state index in [9.17, 15) is 4.79 Å². The number of benzene rings is 1. The first-order valence-electron chi connectivity index (χ1n) is 7.18. The van der Waals surface area contributed by atoms with E-state index in [1.54, 1.807) is 4.57 Å². The Hall–Kier alpha value is -1.59. The first kappa shape index (κ1) is 15.8. The topological polar surface area (TPSA) is 62.7 Å². The van der Waals surface area contributed by atoms with Gasteiger partial charge in [0.05, 0.1) is 5.69 Å². The number of nitrogens with zero attached hydrogens (tertiary/aromatic N) is 2. The van der Waals surface area contributed by atoms with Gasteiger partial charge < -0.3 is 5.32 Å². The number of nitrogens with one attached hydrogen (secondary N) is 2. The molecule has 1 aromatic carbocycles. The Balaban J connectivity index is 0.00000161. The van der Waals surface area contributed by atoms with Crippen LogP contribution in [0.25, 0.3) is 5.69 Å². The van der Waals surface area contributed by atoms with Crippen LogP contribution in [0.15, 0.2) is 29.1 Å². The molecule has 0 spiro atoms. The largest absolute Gasteiger partial charge is 0.347 e. The van der Waals surface area contributed by atoms with Crippen molar-refractivity contribution in [2.24, 2.45) is 5.92 Å². The molecule has 0 saturated carbocycles. The average Bonchev–Trinajstić information content (AvgIpc) is 2.82. The van der Waals surface area contributed by atoms with Gasteiger partial charge in [-0.25, -0.2) is 14.5 Å². The van der Waals surface area contributed by atoms with Gasteiger partial charge in [0.15, 0.2) is 0 Å². The fraction of sp³-hybridized carbons (Fsp3) is 0.467. The maximum Gasteiger partial charge on any atom is 0.347 e. The number of hydrogen-bond donors (Lipinski definition) is 2. The molecule has 1 aromatic heterocycles. The SMILES string of the molecule is Cc1ccccc1-n1c(CC2CCNCC2)n[nH]c1=O.Cl. The van der Waals surface area contributed by atoms with Crippen molar-refractivity contribution in [1.82, 2.24) is 20.1 Å². The first-order chi connectivity index (χ1) is 9.75. The number of aromatic amines is 1. The summed E-state index contributed by atoms with van der Waals surface area (Å²) in [4.78, 5) is 12.1. The van der Waals surface area contributed by atoms with Gasteiger partial charge in [-0.2, -0.15) is 5.10 Å². The number of piperidine rings is 1. The van der Waals surface area contributed by atoms with E-state index in [1.807, 2.05) is 31.2 Å². The van der Waals surface area contributed by atoms with Gasteiger partial charge in [-0.05, 0) is 50.4 Å². The Labute approximate surface area is 130 Å². The molecule has 2 aromatic rings. The van der Waals surface area contributed by atoms with E-state index in [0.29, 0.717) is 5.92 Å². The molecule has 2 N–H and O–H groups in total. The van der Waals surface area contributed by atoms with Crippen LogP contribution in [-0.2, 0) is 6.42 Å². The van der Waals surface area contributed by atoms with Gasteiger partial charge in [0.1, 0.15) is 5.82 Å². The van der Waals surface area contributed by atoms with Crippen molar-refractivity contribution < 1.29 is 0 Å². The Kier molecular flexibility index (Phi) is 5.20. The van der Waals surface area contributed by atoms with Gasteiger partial charge in [-0.15, -0.1) is 12.4 Å². The number of halogens is 1. The summed E-state index contributed by atoms with van der Waals surface area (Å²) in [6, 6.07) is 7.92. The van der Waals surface area contributed by atoms with E-state index in [4.69, 9.17) is 0 Å². The number of H-pyrrole nitrogens is 1. The Bertz CT molecular complexity index is 643. The van der Waals surface area contributed by atoms with E-state index in [0.717, 1.165) is 49.4 Å². The minimum atomic E-state index is -0.150. The predicted molar refractivity (Wildman–Crippen MR) is 85.5 cm³/mol. The minimum absolute atomic E-state index is 0. The molecular weight excluding hydrogens is 288 g/mol. The molecule has 3 rings (SSSR count). The van der Waals surface area contributed by atoms with Crippen molar-refractivity contribution in [2.75, 3.05) is 13.1 Å². The van der Waals surface area contributed by atoms with Crippen molar-refractivity contribution >= 4 is 12.4 Å². The second-order valence-electron chi connectivity index (χ2n) is 5.46. The lowest BCUT2D eigenvalue weighted by Crippen LogP contribution is -2.29. The monoisotopic (exact) mass is 308 g/mol. The van der Waals surface area contributed by atoms with Crippen molar-refractivity contribution in [3.05, 3.63) is 46.1 Å². The van der Waals surface area contributed by atoms with Crippen LogP contribution in [0, 0.1) is 12.8 Å². The second kappa shape index (κ2) is 6.91. The third-order valence-corrected chi connectivity index (χ3v) is 4.03. The zero-order valence-corrected chi connectivity index (χ0v) is 12.9. The van der Waals surface area contributed by atoms with E-state index in [-0.39, 0.29) is 18.1 Å². The quantitative estimate of drug-likeness (QED) is 0.909. The van der Waals surface area contributed by atoms with Crippen LogP contribution in [0.4, 0.5) is 0 Å². The molecule has 2 heterocycles. The average molecular weight is 309 g/mol. The molecule has 6 heteroatoms. The van der Waals surface area contributed by atoms with E-state index in [1.165, 1.54) is 0 Å². The summed E-state index contributed by atoms with van der Waals surface area (Å²) in [7, 11) is 0. The van der Waals surface area contributed by atoms with Crippen molar-refractivity contribution in [2.45, 2.75) is 26.2 Å². The van der Waals surface area contributed by atoms with Gasteiger partial charge in [-0.1, -0.05) is 18.2 Å². The highest BCUT2D eigenvalue weighted by Gasteiger charge is 2.19. The van der Waals surface area contributed by atoms with Crippen LogP contribution in [0.2, 0.25) is 0 Å². The van der Waals surface area contributed by atoms with Crippen molar-refractivity contribution in [3.8, 4) is 5.69 Å². The smallest absolute Gasteiger partial charge is 0.317 e. The molecule has 0 amide bonds. The van der Waals surface area contributed by atoms with E-state index in [2.05, 4.69) is 15.5 Å². The molecule has 5 nitrogen and oxygen atoms in total. The van der Waals surface area contributed by atoms with Gasteiger partial charge in [0, 0.05) is 6.42 Å². The summed E-state index contributed by atoms with van der Waals surface area (Å²) in [6.45, 7) is 4.14. The fourth-order valence-corrected chi connectivity index (χ4v) is 2.87. The Morgan fingerprint density at radius 1 is 1.29 bits per heavy atom. The van der Waals surface area contributed by atoms with Crippen LogP contribution < -0.4 is 11.0 Å². The molecule has 0 atom stereocenters. The zero-order chi connectivity index (χ0) is 13.9. The first-order valence-corrected chi connectivity index (χ1v) is 7.18. The molecule has 0 bridgehead atoms. The highest BCUT2D eigenvalue weighted by atomic mass is 35.5. The molecule has 114 valence electrons. The predicted octanol–water partition coefficient (Wildman–Crippen LogP) is 1.83. The number of hydrogen-bond acceptors (Lipinski definition) is 3. The van der Waals surface area contributed by atoms with Crippen LogP contribution in [0.3, 0.4) is 0 Å².